The first-order valence-electron chi connectivity index (χ1n) is 12.5. The van der Waals surface area contributed by atoms with Gasteiger partial charge in [0.15, 0.2) is 0 Å². The second-order valence-electron chi connectivity index (χ2n) is 9.47. The van der Waals surface area contributed by atoms with Crippen molar-refractivity contribution in [2.45, 2.75) is 39.3 Å². The molecule has 10 heteroatoms. The first kappa shape index (κ1) is 27.4. The number of imidazole rings is 1. The molecule has 0 radical (unpaired) electrons. The SMILES string of the molecule is CC(C)C[C@H](CNC(=O)Cc1ccc(Cl)cc1)Nc1cc(-n2ccnc2)nc(NCc2cccc(Cl)c2)n1. The quantitative estimate of drug-likeness (QED) is 0.207. The van der Waals surface area contributed by atoms with Crippen molar-refractivity contribution in [1.29, 1.82) is 0 Å². The predicted molar refractivity (Wildman–Crippen MR) is 153 cm³/mol. The van der Waals surface area contributed by atoms with Crippen LogP contribution in [0.2, 0.25) is 10.0 Å². The highest BCUT2D eigenvalue weighted by Crippen LogP contribution is 2.18. The van der Waals surface area contributed by atoms with Crippen molar-refractivity contribution >= 4 is 40.9 Å². The molecule has 4 aromatic rings. The summed E-state index contributed by atoms with van der Waals surface area (Å²) < 4.78 is 1.82. The lowest BCUT2D eigenvalue weighted by Gasteiger charge is -2.22. The van der Waals surface area contributed by atoms with E-state index in [0.717, 1.165) is 17.5 Å². The first-order valence-corrected chi connectivity index (χ1v) is 13.2. The van der Waals surface area contributed by atoms with E-state index in [0.29, 0.717) is 53.1 Å². The van der Waals surface area contributed by atoms with Gasteiger partial charge in [-0.2, -0.15) is 9.97 Å². The number of hydrogen-bond acceptors (Lipinski definition) is 6. The van der Waals surface area contributed by atoms with Crippen LogP contribution in [-0.2, 0) is 17.8 Å². The topological polar surface area (TPSA) is 96.8 Å². The Labute approximate surface area is 232 Å². The molecule has 1 amide bonds. The fourth-order valence-corrected chi connectivity index (χ4v) is 4.34. The van der Waals surface area contributed by atoms with E-state index in [9.17, 15) is 4.79 Å². The summed E-state index contributed by atoms with van der Waals surface area (Å²) in [4.78, 5) is 26.1. The molecule has 0 unspecified atom stereocenters. The van der Waals surface area contributed by atoms with Crippen LogP contribution in [-0.4, -0.2) is 38.0 Å². The third-order valence-electron chi connectivity index (χ3n) is 5.75. The molecule has 0 bridgehead atoms. The average molecular weight is 553 g/mol. The van der Waals surface area contributed by atoms with E-state index in [1.807, 2.05) is 53.2 Å². The maximum Gasteiger partial charge on any atom is 0.226 e. The molecule has 0 aliphatic heterocycles. The van der Waals surface area contributed by atoms with E-state index < -0.39 is 0 Å². The number of aromatic nitrogens is 4. The van der Waals surface area contributed by atoms with Gasteiger partial charge in [-0.3, -0.25) is 9.36 Å². The van der Waals surface area contributed by atoms with Gasteiger partial charge in [-0.25, -0.2) is 4.98 Å². The monoisotopic (exact) mass is 551 g/mol. The second kappa shape index (κ2) is 13.3. The third kappa shape index (κ3) is 8.46. The Balaban J connectivity index is 1.47. The Morgan fingerprint density at radius 2 is 1.82 bits per heavy atom. The number of hydrogen-bond donors (Lipinski definition) is 3. The Morgan fingerprint density at radius 1 is 1.00 bits per heavy atom. The van der Waals surface area contributed by atoms with Crippen LogP contribution in [0, 0.1) is 5.92 Å². The number of nitrogens with zero attached hydrogens (tertiary/aromatic N) is 4. The number of carbonyl (C=O) groups is 1. The highest BCUT2D eigenvalue weighted by molar-refractivity contribution is 6.30. The number of rotatable bonds is 12. The van der Waals surface area contributed by atoms with Crippen LogP contribution < -0.4 is 16.0 Å². The molecular weight excluding hydrogens is 521 g/mol. The summed E-state index contributed by atoms with van der Waals surface area (Å²) in [7, 11) is 0. The van der Waals surface area contributed by atoms with Gasteiger partial charge in [-0.05, 0) is 47.7 Å². The van der Waals surface area contributed by atoms with Crippen LogP contribution in [0.1, 0.15) is 31.4 Å². The fourth-order valence-electron chi connectivity index (χ4n) is 4.00. The number of carbonyl (C=O) groups excluding carboxylic acids is 1. The van der Waals surface area contributed by atoms with Crippen molar-refractivity contribution in [3.05, 3.63) is 94.5 Å². The Hall–Kier alpha value is -3.62. The minimum atomic E-state index is -0.0476. The lowest BCUT2D eigenvalue weighted by Crippen LogP contribution is -2.38. The molecule has 1 atom stereocenters. The molecule has 0 saturated carbocycles. The van der Waals surface area contributed by atoms with E-state index in [4.69, 9.17) is 28.2 Å². The first-order chi connectivity index (χ1) is 18.3. The van der Waals surface area contributed by atoms with Crippen molar-refractivity contribution in [1.82, 2.24) is 24.8 Å². The number of amides is 1. The molecular formula is C28H31Cl2N7O. The molecule has 0 aliphatic rings. The zero-order valence-corrected chi connectivity index (χ0v) is 22.9. The van der Waals surface area contributed by atoms with Gasteiger partial charge in [0.05, 0.1) is 6.42 Å². The maximum absolute atomic E-state index is 12.6. The summed E-state index contributed by atoms with van der Waals surface area (Å²) in [5, 5.41) is 11.2. The molecule has 4 rings (SSSR count). The number of halogens is 2. The van der Waals surface area contributed by atoms with Crippen molar-refractivity contribution in [2.75, 3.05) is 17.2 Å². The number of benzene rings is 2. The highest BCUT2D eigenvalue weighted by atomic mass is 35.5. The smallest absolute Gasteiger partial charge is 0.226 e. The van der Waals surface area contributed by atoms with E-state index in [2.05, 4.69) is 39.8 Å². The summed E-state index contributed by atoms with van der Waals surface area (Å²) in [6.07, 6.45) is 6.36. The summed E-state index contributed by atoms with van der Waals surface area (Å²) in [6, 6.07) is 16.8. The minimum absolute atomic E-state index is 0.0320. The van der Waals surface area contributed by atoms with Crippen LogP contribution in [0.15, 0.2) is 73.3 Å². The van der Waals surface area contributed by atoms with Gasteiger partial charge < -0.3 is 16.0 Å². The summed E-state index contributed by atoms with van der Waals surface area (Å²) >= 11 is 12.1. The minimum Gasteiger partial charge on any atom is -0.365 e. The van der Waals surface area contributed by atoms with Gasteiger partial charge in [0, 0.05) is 47.6 Å². The predicted octanol–water partition coefficient (Wildman–Crippen LogP) is 5.77. The molecule has 2 heterocycles. The van der Waals surface area contributed by atoms with E-state index in [1.165, 1.54) is 0 Å². The van der Waals surface area contributed by atoms with Crippen molar-refractivity contribution in [3.8, 4) is 5.82 Å². The Bertz CT molecular complexity index is 1330. The molecule has 8 nitrogen and oxygen atoms in total. The molecule has 0 saturated heterocycles. The zero-order valence-electron chi connectivity index (χ0n) is 21.4. The van der Waals surface area contributed by atoms with Gasteiger partial charge in [-0.1, -0.05) is 61.3 Å². The van der Waals surface area contributed by atoms with Gasteiger partial charge in [0.25, 0.3) is 0 Å². The summed E-state index contributed by atoms with van der Waals surface area (Å²) in [6.45, 7) is 5.28. The van der Waals surface area contributed by atoms with Gasteiger partial charge in [0.1, 0.15) is 18.0 Å². The molecule has 2 aromatic heterocycles. The third-order valence-corrected chi connectivity index (χ3v) is 6.24. The molecule has 3 N–H and O–H groups in total. The van der Waals surface area contributed by atoms with Crippen LogP contribution >= 0.6 is 23.2 Å². The Morgan fingerprint density at radius 3 is 2.53 bits per heavy atom. The summed E-state index contributed by atoms with van der Waals surface area (Å²) in [5.41, 5.74) is 1.93. The number of nitrogens with one attached hydrogen (secondary N) is 3. The van der Waals surface area contributed by atoms with Crippen LogP contribution in [0.5, 0.6) is 0 Å². The molecule has 38 heavy (non-hydrogen) atoms. The average Bonchev–Trinajstić information content (AvgIpc) is 3.42. The van der Waals surface area contributed by atoms with Gasteiger partial charge in [0.2, 0.25) is 11.9 Å². The van der Waals surface area contributed by atoms with Gasteiger partial charge in [-0.15, -0.1) is 0 Å². The van der Waals surface area contributed by atoms with Crippen molar-refractivity contribution < 1.29 is 4.79 Å². The van der Waals surface area contributed by atoms with Crippen LogP contribution in [0.4, 0.5) is 11.8 Å². The standard InChI is InChI=1S/C28H31Cl2N7O/c1-19(2)12-24(17-32-27(38)14-20-6-8-22(29)9-7-20)34-25-15-26(37-11-10-31-18-37)36-28(35-25)33-16-21-4-3-5-23(30)13-21/h3-11,13,15,18-19,24H,12,14,16-17H2,1-2H3,(H,32,38)(H2,33,34,35,36)/t24-/m1/s1. The molecule has 0 aliphatic carbocycles. The largest absolute Gasteiger partial charge is 0.365 e. The van der Waals surface area contributed by atoms with E-state index in [1.54, 1.807) is 24.7 Å². The zero-order chi connectivity index (χ0) is 26.9. The highest BCUT2D eigenvalue weighted by Gasteiger charge is 2.16. The van der Waals surface area contributed by atoms with Crippen LogP contribution in [0.3, 0.4) is 0 Å². The normalized spacial score (nSPS) is 11.8. The molecule has 2 aromatic carbocycles. The molecule has 198 valence electrons. The molecule has 0 fully saturated rings. The second-order valence-corrected chi connectivity index (χ2v) is 10.3. The maximum atomic E-state index is 12.6. The van der Waals surface area contributed by atoms with Crippen LogP contribution in [0.25, 0.3) is 5.82 Å². The van der Waals surface area contributed by atoms with Crippen molar-refractivity contribution in [2.24, 2.45) is 5.92 Å². The van der Waals surface area contributed by atoms with Gasteiger partial charge >= 0.3 is 0 Å². The van der Waals surface area contributed by atoms with Crippen molar-refractivity contribution in [3.63, 3.8) is 0 Å². The van der Waals surface area contributed by atoms with E-state index in [-0.39, 0.29) is 11.9 Å². The van der Waals surface area contributed by atoms with E-state index >= 15 is 0 Å². The lowest BCUT2D eigenvalue weighted by atomic mass is 10.0. The fraction of sp³-hybridized carbons (Fsp3) is 0.286. The molecule has 0 spiro atoms. The summed E-state index contributed by atoms with van der Waals surface area (Å²) in [5.74, 6) is 2.15. The lowest BCUT2D eigenvalue weighted by molar-refractivity contribution is -0.120. The number of anilines is 2. The Kier molecular flexibility index (Phi) is 9.56.